The van der Waals surface area contributed by atoms with Crippen LogP contribution in [0.2, 0.25) is 0 Å². The van der Waals surface area contributed by atoms with Gasteiger partial charge in [0, 0.05) is 11.8 Å². The first-order valence-electron chi connectivity index (χ1n) is 19.3. The molecule has 2 aromatic rings. The lowest BCUT2D eigenvalue weighted by Crippen LogP contribution is -2.62. The Labute approximate surface area is 404 Å². The fourth-order valence-electron chi connectivity index (χ4n) is 5.76. The average Bonchev–Trinajstić information content (AvgIpc) is 3.27. The molecule has 0 aromatic carbocycles. The van der Waals surface area contributed by atoms with Crippen molar-refractivity contribution in [3.05, 3.63) is 23.8 Å². The van der Waals surface area contributed by atoms with Crippen molar-refractivity contribution in [2.24, 2.45) is 0 Å². The predicted molar refractivity (Wildman–Crippen MR) is 174 cm³/mol. The molecular weight excluding hydrogens is 1210 g/mol. The first kappa shape index (κ1) is 67.1. The molecule has 0 unspecified atom stereocenters. The largest absolute Gasteiger partial charge is 0.471 e. The van der Waals surface area contributed by atoms with Gasteiger partial charge in [-0.25, -0.2) is 0 Å². The molecule has 0 saturated heterocycles. The topological polar surface area (TPSA) is 88.5 Å². The molecule has 1 fully saturated rings. The predicted octanol–water partition coefficient (Wildman–Crippen LogP) is 14.1. The maximum absolute atomic E-state index is 14.3. The van der Waals surface area contributed by atoms with E-state index in [0.717, 1.165) is 0 Å². The Bertz CT molecular complexity index is 2080. The molecule has 1 aliphatic rings. The second kappa shape index (κ2) is 20.4. The van der Waals surface area contributed by atoms with Crippen LogP contribution in [-0.2, 0) is 0 Å². The van der Waals surface area contributed by atoms with Crippen molar-refractivity contribution in [2.45, 2.75) is 133 Å². The van der Waals surface area contributed by atoms with Crippen molar-refractivity contribution in [3.63, 3.8) is 0 Å². The van der Waals surface area contributed by atoms with Gasteiger partial charge in [-0.05, 0) is 25.7 Å². The van der Waals surface area contributed by atoms with Gasteiger partial charge < -0.3 is 18.9 Å². The smallest absolute Gasteiger partial charge is 0.460 e. The van der Waals surface area contributed by atoms with E-state index in [4.69, 9.17) is 0 Å². The summed E-state index contributed by atoms with van der Waals surface area (Å²) in [6, 6.07) is -0.870. The van der Waals surface area contributed by atoms with Gasteiger partial charge in [0.1, 0.15) is 11.6 Å². The summed E-state index contributed by atoms with van der Waals surface area (Å²) in [6.45, 7) is -13.6. The Morgan fingerprint density at radius 2 is 0.423 bits per heavy atom. The van der Waals surface area contributed by atoms with E-state index in [-0.39, 0.29) is 0 Å². The molecular formula is C34H20F36N4O4. The van der Waals surface area contributed by atoms with Crippen molar-refractivity contribution in [1.29, 1.82) is 0 Å². The highest BCUT2D eigenvalue weighted by molar-refractivity contribution is 5.26. The molecule has 0 aliphatic heterocycles. The SMILES string of the molecule is FC(F)(F)C(F)(F)C(F)(F)C(F)(F)COc1cc(OCC(F)(F)C(F)(F)C(F)(F)C(F)(F)F)nc(C2CCC(c3nc(OCC(F)(F)C(F)(F)C(F)(F)C(F)(F)F)cc(OCC(F)(F)C(F)(F)C(F)(F)C(F)(F)F)n3)CC2)n1. The Morgan fingerprint density at radius 1 is 0.269 bits per heavy atom. The lowest BCUT2D eigenvalue weighted by atomic mass is 9.81. The van der Waals surface area contributed by atoms with E-state index in [0.29, 0.717) is 0 Å². The third-order valence-electron chi connectivity index (χ3n) is 10.3. The number of halogens is 36. The number of nitrogens with zero attached hydrogens (tertiary/aromatic N) is 4. The molecule has 0 atom stereocenters. The van der Waals surface area contributed by atoms with Crippen LogP contribution in [0.4, 0.5) is 158 Å². The summed E-state index contributed by atoms with van der Waals surface area (Å²) in [4.78, 5) is 12.6. The van der Waals surface area contributed by atoms with Crippen LogP contribution in [-0.4, -0.2) is 142 Å². The summed E-state index contributed by atoms with van der Waals surface area (Å²) in [5.74, 6) is -102. The molecule has 2 heterocycles. The molecule has 1 saturated carbocycles. The highest BCUT2D eigenvalue weighted by Gasteiger charge is 2.85. The van der Waals surface area contributed by atoms with E-state index in [9.17, 15) is 158 Å². The molecule has 44 heteroatoms. The number of rotatable bonds is 22. The molecule has 3 rings (SSSR count). The van der Waals surface area contributed by atoms with Gasteiger partial charge in [0.15, 0.2) is 26.4 Å². The summed E-state index contributed by atoms with van der Waals surface area (Å²) in [5.41, 5.74) is 0. The first-order valence-corrected chi connectivity index (χ1v) is 19.3. The van der Waals surface area contributed by atoms with Crippen molar-refractivity contribution < 1.29 is 177 Å². The third kappa shape index (κ3) is 12.1. The summed E-state index contributed by atoms with van der Waals surface area (Å²) in [7, 11) is 0. The normalized spacial score (nSPS) is 18.3. The molecule has 0 bridgehead atoms. The monoisotopic (exact) mass is 1230 g/mol. The first-order chi connectivity index (χ1) is 34.2. The van der Waals surface area contributed by atoms with Gasteiger partial charge in [-0.1, -0.05) is 0 Å². The highest BCUT2D eigenvalue weighted by Crippen LogP contribution is 2.57. The van der Waals surface area contributed by atoms with Crippen LogP contribution in [0.25, 0.3) is 0 Å². The molecule has 0 amide bonds. The number of alkyl halides is 36. The second-order valence-electron chi connectivity index (χ2n) is 15.9. The van der Waals surface area contributed by atoms with Gasteiger partial charge in [0.05, 0.1) is 12.1 Å². The van der Waals surface area contributed by atoms with Gasteiger partial charge in [0.25, 0.3) is 0 Å². The minimum Gasteiger partial charge on any atom is -0.471 e. The van der Waals surface area contributed by atoms with Crippen LogP contribution in [0.3, 0.4) is 0 Å². The Morgan fingerprint density at radius 3 is 0.564 bits per heavy atom. The molecule has 0 spiro atoms. The standard InChI is InChI=1S/C34H20F36N4O4/c35-19(36,23(43,44)27(51,52)31(59,60)61)7-75-13-5-14(76-8-20(37,38)24(45,46)28(53,54)32(62,63)64)72-17(71-13)11-1-2-12(4-3-11)18-73-15(77-9-21(39,40)25(47,48)29(55,56)33(65,66)67)6-16(74-18)78-10-22(41,42)26(49,50)30(57,58)34(68,69)70/h5-6,11-12H,1-4,7-10H2. The van der Waals surface area contributed by atoms with Crippen LogP contribution in [0.1, 0.15) is 49.2 Å². The Hall–Kier alpha value is -5.16. The molecule has 452 valence electrons. The fraction of sp³-hybridized carbons (Fsp3) is 0.765. The molecule has 2 aromatic heterocycles. The van der Waals surface area contributed by atoms with E-state index in [2.05, 4.69) is 38.9 Å². The van der Waals surface area contributed by atoms with Crippen molar-refractivity contribution in [1.82, 2.24) is 19.9 Å². The minimum atomic E-state index is -7.63. The third-order valence-corrected chi connectivity index (χ3v) is 10.3. The zero-order valence-electron chi connectivity index (χ0n) is 36.0. The number of hydrogen-bond acceptors (Lipinski definition) is 8. The van der Waals surface area contributed by atoms with Gasteiger partial charge in [0.2, 0.25) is 23.5 Å². The fourth-order valence-corrected chi connectivity index (χ4v) is 5.76. The maximum Gasteiger partial charge on any atom is 0.460 e. The lowest BCUT2D eigenvalue weighted by molar-refractivity contribution is -0.398. The van der Waals surface area contributed by atoms with Crippen LogP contribution in [0, 0.1) is 0 Å². The molecule has 8 nitrogen and oxygen atoms in total. The van der Waals surface area contributed by atoms with Crippen molar-refractivity contribution in [3.8, 4) is 23.5 Å². The molecule has 78 heavy (non-hydrogen) atoms. The van der Waals surface area contributed by atoms with E-state index in [1.54, 1.807) is 0 Å². The summed E-state index contributed by atoms with van der Waals surface area (Å²) in [5, 5.41) is 0. The van der Waals surface area contributed by atoms with Crippen LogP contribution in [0.15, 0.2) is 12.1 Å². The van der Waals surface area contributed by atoms with Crippen LogP contribution in [0.5, 0.6) is 23.5 Å². The number of hydrogen-bond donors (Lipinski definition) is 0. The quantitative estimate of drug-likeness (QED) is 0.108. The molecule has 0 radical (unpaired) electrons. The van der Waals surface area contributed by atoms with Crippen molar-refractivity contribution >= 4 is 0 Å². The van der Waals surface area contributed by atoms with E-state index in [1.165, 1.54) is 0 Å². The van der Waals surface area contributed by atoms with E-state index >= 15 is 0 Å². The number of ether oxygens (including phenoxy) is 4. The summed E-state index contributed by atoms with van der Waals surface area (Å²) < 4.78 is 500. The van der Waals surface area contributed by atoms with Gasteiger partial charge >= 0.3 is 95.8 Å². The summed E-state index contributed by atoms with van der Waals surface area (Å²) in [6.07, 6.45) is -33.6. The Kier molecular flexibility index (Phi) is 17.6. The minimum absolute atomic E-state index is 0.435. The number of aromatic nitrogens is 4. The van der Waals surface area contributed by atoms with Crippen LogP contribution < -0.4 is 18.9 Å². The van der Waals surface area contributed by atoms with Crippen molar-refractivity contribution in [2.75, 3.05) is 26.4 Å². The second-order valence-corrected chi connectivity index (χ2v) is 15.9. The molecule has 1 aliphatic carbocycles. The van der Waals surface area contributed by atoms with Crippen LogP contribution >= 0.6 is 0 Å². The zero-order valence-corrected chi connectivity index (χ0v) is 36.0. The van der Waals surface area contributed by atoms with Gasteiger partial charge in [-0.3, -0.25) is 0 Å². The van der Waals surface area contributed by atoms with E-state index < -0.39 is 207 Å². The molecule has 0 N–H and O–H groups in total. The highest BCUT2D eigenvalue weighted by atomic mass is 19.5. The van der Waals surface area contributed by atoms with E-state index in [1.807, 2.05) is 0 Å². The average molecular weight is 1230 g/mol. The maximum atomic E-state index is 14.3. The lowest BCUT2D eigenvalue weighted by Gasteiger charge is -2.33. The zero-order chi connectivity index (χ0) is 61.3. The summed E-state index contributed by atoms with van der Waals surface area (Å²) >= 11 is 0. The Balaban J connectivity index is 2.11. The van der Waals surface area contributed by atoms with Gasteiger partial charge in [-0.15, -0.1) is 0 Å². The van der Waals surface area contributed by atoms with Gasteiger partial charge in [-0.2, -0.15) is 178 Å².